The molecule has 3 saturated carbocycles. The highest BCUT2D eigenvalue weighted by molar-refractivity contribution is 5.73. The van der Waals surface area contributed by atoms with Crippen LogP contribution >= 0.6 is 0 Å². The molecule has 1 N–H and O–H groups in total. The molecule has 3 fully saturated rings. The summed E-state index contributed by atoms with van der Waals surface area (Å²) in [5, 5.41) is 8.84. The molecular formula is C9H13O2. The molecule has 0 amide bonds. The number of fused-ring (bicyclic) bond motifs is 3. The minimum absolute atomic E-state index is 0.0810. The van der Waals surface area contributed by atoms with Gasteiger partial charge in [0.1, 0.15) is 0 Å². The van der Waals surface area contributed by atoms with Gasteiger partial charge in [0, 0.05) is 0 Å². The van der Waals surface area contributed by atoms with E-state index in [4.69, 9.17) is 5.11 Å². The van der Waals surface area contributed by atoms with Crippen molar-refractivity contribution in [3.8, 4) is 0 Å². The summed E-state index contributed by atoms with van der Waals surface area (Å²) < 4.78 is 0. The maximum atomic E-state index is 10.7. The van der Waals surface area contributed by atoms with Crippen molar-refractivity contribution in [3.05, 3.63) is 5.92 Å². The lowest BCUT2D eigenvalue weighted by Gasteiger charge is -2.39. The van der Waals surface area contributed by atoms with Gasteiger partial charge < -0.3 is 5.11 Å². The van der Waals surface area contributed by atoms with Gasteiger partial charge in [-0.15, -0.1) is 0 Å². The first-order valence-corrected chi connectivity index (χ1v) is 4.35. The van der Waals surface area contributed by atoms with Gasteiger partial charge in [-0.2, -0.15) is 0 Å². The maximum Gasteiger partial charge on any atom is 0.307 e. The third-order valence-corrected chi connectivity index (χ3v) is 3.11. The molecule has 0 aromatic heterocycles. The first kappa shape index (κ1) is 7.14. The van der Waals surface area contributed by atoms with E-state index in [9.17, 15) is 4.79 Å². The average molecular weight is 153 g/mol. The number of carbonyl (C=O) groups is 1. The highest BCUT2D eigenvalue weighted by Gasteiger charge is 2.39. The Morgan fingerprint density at radius 1 is 1.36 bits per heavy atom. The van der Waals surface area contributed by atoms with E-state index in [0.717, 1.165) is 19.3 Å². The molecule has 0 aliphatic heterocycles. The van der Waals surface area contributed by atoms with Gasteiger partial charge in [0.2, 0.25) is 0 Å². The van der Waals surface area contributed by atoms with E-state index < -0.39 is 5.97 Å². The smallest absolute Gasteiger partial charge is 0.307 e. The zero-order valence-corrected chi connectivity index (χ0v) is 6.55. The molecule has 2 heteroatoms. The van der Waals surface area contributed by atoms with Crippen LogP contribution in [0, 0.1) is 17.8 Å². The van der Waals surface area contributed by atoms with Crippen LogP contribution in [0.25, 0.3) is 0 Å². The molecular weight excluding hydrogens is 140 g/mol. The summed E-state index contributed by atoms with van der Waals surface area (Å²) >= 11 is 0. The van der Waals surface area contributed by atoms with Crippen LogP contribution in [0.4, 0.5) is 0 Å². The quantitative estimate of drug-likeness (QED) is 0.624. The molecule has 1 atom stereocenters. The Morgan fingerprint density at radius 2 is 2.00 bits per heavy atom. The first-order chi connectivity index (χ1) is 5.27. The molecule has 1 unspecified atom stereocenters. The van der Waals surface area contributed by atoms with E-state index in [-0.39, 0.29) is 5.92 Å². The Hall–Kier alpha value is -0.530. The SMILES string of the molecule is O=C(O)C1CC2CC[C]1CC2. The van der Waals surface area contributed by atoms with Gasteiger partial charge in [-0.3, -0.25) is 4.79 Å². The van der Waals surface area contributed by atoms with Gasteiger partial charge in [0.05, 0.1) is 5.92 Å². The van der Waals surface area contributed by atoms with Crippen LogP contribution in [0.2, 0.25) is 0 Å². The Bertz CT molecular complexity index is 168. The Labute approximate surface area is 66.6 Å². The van der Waals surface area contributed by atoms with Crippen molar-refractivity contribution in [2.45, 2.75) is 32.1 Å². The van der Waals surface area contributed by atoms with Crippen LogP contribution in [-0.2, 0) is 4.79 Å². The van der Waals surface area contributed by atoms with E-state index in [1.54, 1.807) is 0 Å². The molecule has 3 aliphatic rings. The molecule has 3 rings (SSSR count). The van der Waals surface area contributed by atoms with Gasteiger partial charge in [0.15, 0.2) is 0 Å². The lowest BCUT2D eigenvalue weighted by molar-refractivity contribution is -0.143. The molecule has 0 spiro atoms. The van der Waals surface area contributed by atoms with Crippen molar-refractivity contribution in [1.82, 2.24) is 0 Å². The van der Waals surface area contributed by atoms with Crippen molar-refractivity contribution in [2.24, 2.45) is 11.8 Å². The van der Waals surface area contributed by atoms with E-state index in [0.29, 0.717) is 5.92 Å². The normalized spacial score (nSPS) is 37.5. The first-order valence-electron chi connectivity index (χ1n) is 4.35. The third kappa shape index (κ3) is 1.15. The summed E-state index contributed by atoms with van der Waals surface area (Å²) in [6.45, 7) is 0. The fourth-order valence-electron chi connectivity index (χ4n) is 2.41. The number of carboxylic acids is 1. The van der Waals surface area contributed by atoms with Crippen molar-refractivity contribution in [2.75, 3.05) is 0 Å². The van der Waals surface area contributed by atoms with Gasteiger partial charge in [-0.1, -0.05) is 0 Å². The monoisotopic (exact) mass is 153 g/mol. The predicted octanol–water partition coefficient (Wildman–Crippen LogP) is 1.86. The molecule has 2 nitrogen and oxygen atoms in total. The van der Waals surface area contributed by atoms with Crippen molar-refractivity contribution < 1.29 is 9.90 Å². The van der Waals surface area contributed by atoms with Crippen LogP contribution in [0.15, 0.2) is 0 Å². The number of aliphatic carboxylic acids is 1. The molecule has 0 saturated heterocycles. The molecule has 1 radical (unpaired) electrons. The van der Waals surface area contributed by atoms with Crippen LogP contribution in [0.5, 0.6) is 0 Å². The van der Waals surface area contributed by atoms with Crippen LogP contribution in [0.1, 0.15) is 32.1 Å². The van der Waals surface area contributed by atoms with Crippen molar-refractivity contribution in [1.29, 1.82) is 0 Å². The predicted molar refractivity (Wildman–Crippen MR) is 40.9 cm³/mol. The second-order valence-electron chi connectivity index (χ2n) is 3.73. The number of rotatable bonds is 1. The minimum atomic E-state index is -0.593. The Kier molecular flexibility index (Phi) is 1.63. The maximum absolute atomic E-state index is 10.7. The van der Waals surface area contributed by atoms with Gasteiger partial charge in [-0.25, -0.2) is 0 Å². The topological polar surface area (TPSA) is 37.3 Å². The molecule has 3 aliphatic carbocycles. The van der Waals surface area contributed by atoms with Gasteiger partial charge in [0.25, 0.3) is 0 Å². The number of hydrogen-bond donors (Lipinski definition) is 1. The highest BCUT2D eigenvalue weighted by atomic mass is 16.4. The summed E-state index contributed by atoms with van der Waals surface area (Å²) in [5.41, 5.74) is 0. The highest BCUT2D eigenvalue weighted by Crippen LogP contribution is 2.46. The second kappa shape index (κ2) is 2.50. The van der Waals surface area contributed by atoms with Crippen LogP contribution in [-0.4, -0.2) is 11.1 Å². The summed E-state index contributed by atoms with van der Waals surface area (Å²) in [5.74, 6) is 1.35. The summed E-state index contributed by atoms with van der Waals surface area (Å²) in [4.78, 5) is 10.7. The fraction of sp³-hybridized carbons (Fsp3) is 0.778. The second-order valence-corrected chi connectivity index (χ2v) is 3.73. The Balaban J connectivity index is 2.08. The van der Waals surface area contributed by atoms with Crippen LogP contribution in [0.3, 0.4) is 0 Å². The van der Waals surface area contributed by atoms with E-state index in [1.807, 2.05) is 0 Å². The summed E-state index contributed by atoms with van der Waals surface area (Å²) in [7, 11) is 0. The average Bonchev–Trinajstić information content (AvgIpc) is 2.06. The largest absolute Gasteiger partial charge is 0.481 e. The van der Waals surface area contributed by atoms with E-state index in [1.165, 1.54) is 18.8 Å². The van der Waals surface area contributed by atoms with Gasteiger partial charge in [-0.05, 0) is 43.9 Å². The number of carboxylic acid groups (broad SMARTS) is 1. The summed E-state index contributed by atoms with van der Waals surface area (Å²) in [6.07, 6.45) is 5.59. The molecule has 2 bridgehead atoms. The van der Waals surface area contributed by atoms with E-state index >= 15 is 0 Å². The lowest BCUT2D eigenvalue weighted by Crippen LogP contribution is -2.34. The van der Waals surface area contributed by atoms with Crippen molar-refractivity contribution in [3.63, 3.8) is 0 Å². The molecule has 0 aromatic rings. The molecule has 61 valence electrons. The standard InChI is InChI=1S/C9H13O2/c10-9(11)8-5-6-1-3-7(8)4-2-6/h6,8H,1-5H2,(H,10,11). The zero-order chi connectivity index (χ0) is 7.84. The Morgan fingerprint density at radius 3 is 2.27 bits per heavy atom. The fourth-order valence-corrected chi connectivity index (χ4v) is 2.41. The third-order valence-electron chi connectivity index (χ3n) is 3.11. The van der Waals surface area contributed by atoms with E-state index in [2.05, 4.69) is 0 Å². The lowest BCUT2D eigenvalue weighted by atomic mass is 9.65. The molecule has 0 aromatic carbocycles. The van der Waals surface area contributed by atoms with Gasteiger partial charge >= 0.3 is 5.97 Å². The zero-order valence-electron chi connectivity index (χ0n) is 6.55. The molecule has 11 heavy (non-hydrogen) atoms. The minimum Gasteiger partial charge on any atom is -0.481 e. The number of hydrogen-bond acceptors (Lipinski definition) is 1. The molecule has 0 heterocycles. The van der Waals surface area contributed by atoms with Crippen molar-refractivity contribution >= 4 is 5.97 Å². The van der Waals surface area contributed by atoms with Crippen LogP contribution < -0.4 is 0 Å². The summed E-state index contributed by atoms with van der Waals surface area (Å²) in [6, 6.07) is 0.